The molecule has 4 aromatic heterocycles. The van der Waals surface area contributed by atoms with Crippen LogP contribution in [0.5, 0.6) is 0 Å². The summed E-state index contributed by atoms with van der Waals surface area (Å²) in [6.07, 6.45) is 6.24. The summed E-state index contributed by atoms with van der Waals surface area (Å²) in [5, 5.41) is 16.3. The van der Waals surface area contributed by atoms with Gasteiger partial charge >= 0.3 is 6.55 Å². The van der Waals surface area contributed by atoms with E-state index >= 15 is 0 Å². The Bertz CT molecular complexity index is 1560. The van der Waals surface area contributed by atoms with Crippen molar-refractivity contribution in [2.45, 2.75) is 32.0 Å². The minimum atomic E-state index is -2.73. The first kappa shape index (κ1) is 24.8. The molecule has 198 valence electrons. The van der Waals surface area contributed by atoms with Crippen molar-refractivity contribution in [3.8, 4) is 11.3 Å². The number of nitrogens with zero attached hydrogens (tertiary/aromatic N) is 7. The van der Waals surface area contributed by atoms with E-state index in [-0.39, 0.29) is 6.04 Å². The third kappa shape index (κ3) is 4.86. The van der Waals surface area contributed by atoms with Gasteiger partial charge in [0.25, 0.3) is 0 Å². The molecule has 1 aromatic carbocycles. The smallest absolute Gasteiger partial charge is 0.333 e. The number of likely N-dealkylation sites (tertiary alicyclic amines) is 1. The lowest BCUT2D eigenvalue weighted by molar-refractivity contribution is 0.0566. The lowest BCUT2D eigenvalue weighted by atomic mass is 10.1. The molecule has 0 aliphatic carbocycles. The van der Waals surface area contributed by atoms with Gasteiger partial charge in [-0.25, -0.2) is 19.2 Å². The summed E-state index contributed by atoms with van der Waals surface area (Å²) in [4.78, 5) is 14.7. The number of benzene rings is 1. The minimum absolute atomic E-state index is 0.266. The van der Waals surface area contributed by atoms with E-state index in [2.05, 4.69) is 42.6 Å². The number of fused-ring (bicyclic) bond motifs is 2. The van der Waals surface area contributed by atoms with Gasteiger partial charge in [-0.1, -0.05) is 23.2 Å². The van der Waals surface area contributed by atoms with E-state index in [9.17, 15) is 8.78 Å². The highest BCUT2D eigenvalue weighted by Gasteiger charge is 2.20. The minimum Gasteiger partial charge on any atom is -0.375 e. The Balaban J connectivity index is 1.34. The van der Waals surface area contributed by atoms with Gasteiger partial charge in [-0.2, -0.15) is 13.9 Å². The third-order valence-corrected chi connectivity index (χ3v) is 7.38. The first-order chi connectivity index (χ1) is 18.3. The summed E-state index contributed by atoms with van der Waals surface area (Å²) in [6.45, 7) is -0.381. The fourth-order valence-corrected chi connectivity index (χ4v) is 4.95. The van der Waals surface area contributed by atoms with Crippen LogP contribution >= 0.6 is 23.2 Å². The maximum atomic E-state index is 13.2. The first-order valence-electron chi connectivity index (χ1n) is 12.1. The topological polar surface area (TPSA) is 104 Å². The van der Waals surface area contributed by atoms with Crippen LogP contribution < -0.4 is 10.6 Å². The second-order valence-corrected chi connectivity index (χ2v) is 10.2. The van der Waals surface area contributed by atoms with Crippen molar-refractivity contribution in [1.29, 1.82) is 0 Å². The molecule has 5 heterocycles. The van der Waals surface area contributed by atoms with Crippen LogP contribution in [-0.4, -0.2) is 65.4 Å². The van der Waals surface area contributed by atoms with Gasteiger partial charge < -0.3 is 20.5 Å². The van der Waals surface area contributed by atoms with Crippen LogP contribution in [0.2, 0.25) is 10.0 Å². The van der Waals surface area contributed by atoms with Gasteiger partial charge in [0, 0.05) is 23.9 Å². The number of halogens is 4. The van der Waals surface area contributed by atoms with E-state index in [4.69, 9.17) is 28.3 Å². The van der Waals surface area contributed by atoms with Gasteiger partial charge in [-0.15, -0.1) is 5.10 Å². The van der Waals surface area contributed by atoms with Crippen LogP contribution in [0, 0.1) is 0 Å². The fourth-order valence-electron chi connectivity index (χ4n) is 4.63. The molecule has 1 aliphatic heterocycles. The standard InChI is InChI=1S/C24H24Cl2F2N10/c1-36-4-2-14(3-5-36)32-21-8-19(29-11-22-33-17-6-15(25)16(26)7-18(17)34-22)23-30-10-20(38(23)35-21)13-9-31-37(12-13)24(27)28/h6-10,12,14,24,29H,2-5,11H2,1H3,(H,32,35)(H,33,34). The Hall–Kier alpha value is -3.48. The van der Waals surface area contributed by atoms with Crippen molar-refractivity contribution >= 4 is 51.4 Å². The molecule has 1 fully saturated rings. The maximum Gasteiger partial charge on any atom is 0.333 e. The summed E-state index contributed by atoms with van der Waals surface area (Å²) in [7, 11) is 2.11. The highest BCUT2D eigenvalue weighted by molar-refractivity contribution is 6.42. The molecular formula is C24H24Cl2F2N10. The summed E-state index contributed by atoms with van der Waals surface area (Å²) < 4.78 is 28.5. The SMILES string of the molecule is CN1CCC(Nc2cc(NCc3nc4cc(Cl)c(Cl)cc4[nH]3)c3ncc(-c4cnn(C(F)F)c4)n3n2)CC1. The third-order valence-electron chi connectivity index (χ3n) is 6.65. The van der Waals surface area contributed by atoms with Gasteiger partial charge in [0.15, 0.2) is 5.65 Å². The zero-order valence-corrected chi connectivity index (χ0v) is 21.8. The average Bonchev–Trinajstić information content (AvgIpc) is 3.62. The number of piperidine rings is 1. The van der Waals surface area contributed by atoms with Crippen LogP contribution in [0.25, 0.3) is 27.9 Å². The van der Waals surface area contributed by atoms with Crippen molar-refractivity contribution in [3.05, 3.63) is 52.7 Å². The summed E-state index contributed by atoms with van der Waals surface area (Å²) in [6, 6.07) is 5.63. The molecule has 0 bridgehead atoms. The van der Waals surface area contributed by atoms with Crippen LogP contribution in [0.3, 0.4) is 0 Å². The van der Waals surface area contributed by atoms with Crippen molar-refractivity contribution < 1.29 is 8.78 Å². The van der Waals surface area contributed by atoms with E-state index in [1.807, 2.05) is 6.07 Å². The molecule has 0 spiro atoms. The molecule has 6 rings (SSSR count). The van der Waals surface area contributed by atoms with Gasteiger partial charge in [-0.3, -0.25) is 0 Å². The lowest BCUT2D eigenvalue weighted by Gasteiger charge is -2.29. The molecular weight excluding hydrogens is 537 g/mol. The Labute approximate surface area is 226 Å². The van der Waals surface area contributed by atoms with E-state index in [1.165, 1.54) is 12.4 Å². The summed E-state index contributed by atoms with van der Waals surface area (Å²) >= 11 is 12.3. The van der Waals surface area contributed by atoms with Crippen LogP contribution in [0.15, 0.2) is 36.8 Å². The number of H-pyrrole nitrogens is 1. The number of anilines is 2. The molecule has 0 amide bonds. The molecule has 38 heavy (non-hydrogen) atoms. The Kier molecular flexibility index (Phi) is 6.54. The lowest BCUT2D eigenvalue weighted by Crippen LogP contribution is -2.37. The zero-order chi connectivity index (χ0) is 26.4. The number of hydrogen-bond acceptors (Lipinski definition) is 7. The number of aromatic nitrogens is 7. The fraction of sp³-hybridized carbons (Fsp3) is 0.333. The van der Waals surface area contributed by atoms with Crippen molar-refractivity contribution in [3.63, 3.8) is 0 Å². The number of rotatable bonds is 7. The normalized spacial score (nSPS) is 15.2. The van der Waals surface area contributed by atoms with E-state index in [0.717, 1.165) is 31.4 Å². The highest BCUT2D eigenvalue weighted by atomic mass is 35.5. The van der Waals surface area contributed by atoms with Gasteiger partial charge in [0.2, 0.25) is 0 Å². The van der Waals surface area contributed by atoms with Gasteiger partial charge in [0.1, 0.15) is 11.6 Å². The van der Waals surface area contributed by atoms with E-state index in [1.54, 1.807) is 22.8 Å². The van der Waals surface area contributed by atoms with E-state index in [0.29, 0.717) is 61.0 Å². The number of imidazole rings is 2. The monoisotopic (exact) mass is 560 g/mol. The predicted molar refractivity (Wildman–Crippen MR) is 143 cm³/mol. The Morgan fingerprint density at radius 2 is 1.92 bits per heavy atom. The first-order valence-corrected chi connectivity index (χ1v) is 12.8. The average molecular weight is 561 g/mol. The highest BCUT2D eigenvalue weighted by Crippen LogP contribution is 2.29. The van der Waals surface area contributed by atoms with Crippen molar-refractivity contribution in [2.75, 3.05) is 30.8 Å². The second-order valence-electron chi connectivity index (χ2n) is 9.35. The van der Waals surface area contributed by atoms with Crippen molar-refractivity contribution in [1.82, 2.24) is 39.2 Å². The molecule has 1 saturated heterocycles. The zero-order valence-electron chi connectivity index (χ0n) is 20.3. The van der Waals surface area contributed by atoms with Crippen LogP contribution in [-0.2, 0) is 6.54 Å². The Morgan fingerprint density at radius 3 is 2.68 bits per heavy atom. The van der Waals surface area contributed by atoms with Crippen LogP contribution in [0.4, 0.5) is 20.3 Å². The molecule has 10 nitrogen and oxygen atoms in total. The number of alkyl halides is 2. The Morgan fingerprint density at radius 1 is 1.13 bits per heavy atom. The molecule has 0 saturated carbocycles. The van der Waals surface area contributed by atoms with Crippen molar-refractivity contribution in [2.24, 2.45) is 0 Å². The number of aromatic amines is 1. The molecule has 14 heteroatoms. The number of nitrogens with one attached hydrogen (secondary N) is 3. The summed E-state index contributed by atoms with van der Waals surface area (Å²) in [5.74, 6) is 1.33. The molecule has 0 atom stereocenters. The second kappa shape index (κ2) is 10.0. The molecule has 0 unspecified atom stereocenters. The number of hydrogen-bond donors (Lipinski definition) is 3. The molecule has 1 aliphatic rings. The van der Waals surface area contributed by atoms with Crippen LogP contribution in [0.1, 0.15) is 25.2 Å². The maximum absolute atomic E-state index is 13.2. The molecule has 5 aromatic rings. The van der Waals surface area contributed by atoms with E-state index < -0.39 is 6.55 Å². The predicted octanol–water partition coefficient (Wildman–Crippen LogP) is 5.29. The summed E-state index contributed by atoms with van der Waals surface area (Å²) in [5.41, 5.74) is 3.77. The van der Waals surface area contributed by atoms with Gasteiger partial charge in [-0.05, 0) is 45.1 Å². The van der Waals surface area contributed by atoms with Gasteiger partial charge in [0.05, 0.1) is 51.4 Å². The molecule has 3 N–H and O–H groups in total. The molecule has 0 radical (unpaired) electrons. The largest absolute Gasteiger partial charge is 0.375 e. The quantitative estimate of drug-likeness (QED) is 0.248.